The van der Waals surface area contributed by atoms with Crippen LogP contribution in [0.25, 0.3) is 0 Å². The second-order valence-corrected chi connectivity index (χ2v) is 3.96. The summed E-state index contributed by atoms with van der Waals surface area (Å²) in [5.74, 6) is 0. The molecular weight excluding hydrogens is 238 g/mol. The van der Waals surface area contributed by atoms with Crippen LogP contribution in [0.4, 0.5) is 5.69 Å². The molecule has 2 heteroatoms. The van der Waals surface area contributed by atoms with Gasteiger partial charge in [0.1, 0.15) is 0 Å². The molecule has 0 fully saturated rings. The summed E-state index contributed by atoms with van der Waals surface area (Å²) in [6, 6.07) is 10.2. The first-order valence-electron chi connectivity index (χ1n) is 4.36. The van der Waals surface area contributed by atoms with Gasteiger partial charge in [0.2, 0.25) is 0 Å². The van der Waals surface area contributed by atoms with Gasteiger partial charge in [-0.3, -0.25) is 0 Å². The highest BCUT2D eigenvalue weighted by molar-refractivity contribution is 9.11. The van der Waals surface area contributed by atoms with Gasteiger partial charge in [0.25, 0.3) is 0 Å². The van der Waals surface area contributed by atoms with Gasteiger partial charge in [-0.15, -0.1) is 0 Å². The van der Waals surface area contributed by atoms with Crippen molar-refractivity contribution in [1.82, 2.24) is 0 Å². The monoisotopic (exact) mass is 247 g/mol. The molecule has 1 heterocycles. The Morgan fingerprint density at radius 3 is 2.50 bits per heavy atom. The van der Waals surface area contributed by atoms with Gasteiger partial charge in [-0.2, -0.15) is 0 Å². The van der Waals surface area contributed by atoms with E-state index in [1.807, 2.05) is 41.5 Å². The highest BCUT2D eigenvalue weighted by atomic mass is 79.9. The number of halogens is 1. The summed E-state index contributed by atoms with van der Waals surface area (Å²) in [6.45, 7) is 3.98. The zero-order chi connectivity index (χ0) is 9.97. The summed E-state index contributed by atoms with van der Waals surface area (Å²) >= 11 is 3.44. The number of hydrogen-bond acceptors (Lipinski definition) is 1. The third-order valence-electron chi connectivity index (χ3n) is 2.03. The minimum absolute atomic E-state index is 0.972. The molecule has 1 aromatic rings. The molecule has 0 bridgehead atoms. The van der Waals surface area contributed by atoms with Crippen molar-refractivity contribution in [2.75, 3.05) is 4.90 Å². The van der Waals surface area contributed by atoms with Crippen LogP contribution in [0.2, 0.25) is 0 Å². The molecule has 14 heavy (non-hydrogen) atoms. The highest BCUT2D eigenvalue weighted by Gasteiger charge is 2.08. The van der Waals surface area contributed by atoms with Crippen molar-refractivity contribution < 1.29 is 0 Å². The lowest BCUT2D eigenvalue weighted by Crippen LogP contribution is -2.15. The second-order valence-electron chi connectivity index (χ2n) is 3.04. The number of allylic oxidation sites excluding steroid dienone is 3. The van der Waals surface area contributed by atoms with E-state index in [2.05, 4.69) is 34.6 Å². The van der Waals surface area contributed by atoms with E-state index in [1.54, 1.807) is 0 Å². The number of anilines is 1. The summed E-state index contributed by atoms with van der Waals surface area (Å²) in [6.07, 6.45) is 5.98. The Kier molecular flexibility index (Phi) is 2.55. The summed E-state index contributed by atoms with van der Waals surface area (Å²) in [5, 5.41) is 0. The van der Waals surface area contributed by atoms with Gasteiger partial charge in [-0.1, -0.05) is 24.8 Å². The van der Waals surface area contributed by atoms with Crippen molar-refractivity contribution >= 4 is 21.6 Å². The van der Waals surface area contributed by atoms with Crippen molar-refractivity contribution in [3.8, 4) is 0 Å². The molecule has 0 saturated heterocycles. The normalized spacial score (nSPS) is 15.6. The highest BCUT2D eigenvalue weighted by Crippen LogP contribution is 2.25. The standard InChI is InChI=1S/C12H10BrN/c1-10-7-8-11(13)9-14(10)12-5-3-2-4-6-12/h2-9H,1H2. The van der Waals surface area contributed by atoms with Crippen molar-refractivity contribution in [2.45, 2.75) is 0 Å². The summed E-state index contributed by atoms with van der Waals surface area (Å²) in [5.41, 5.74) is 2.10. The predicted octanol–water partition coefficient (Wildman–Crippen LogP) is 3.81. The van der Waals surface area contributed by atoms with E-state index in [4.69, 9.17) is 0 Å². The third kappa shape index (κ3) is 1.80. The molecule has 1 aromatic carbocycles. The Morgan fingerprint density at radius 2 is 1.79 bits per heavy atom. The maximum absolute atomic E-state index is 3.98. The van der Waals surface area contributed by atoms with E-state index in [-0.39, 0.29) is 0 Å². The average molecular weight is 248 g/mol. The van der Waals surface area contributed by atoms with E-state index in [9.17, 15) is 0 Å². The zero-order valence-electron chi connectivity index (χ0n) is 7.65. The number of hydrogen-bond donors (Lipinski definition) is 0. The maximum atomic E-state index is 3.98. The fourth-order valence-electron chi connectivity index (χ4n) is 1.33. The third-order valence-corrected chi connectivity index (χ3v) is 2.50. The molecule has 0 N–H and O–H groups in total. The van der Waals surface area contributed by atoms with Crippen molar-refractivity contribution in [3.63, 3.8) is 0 Å². The number of rotatable bonds is 1. The summed E-state index contributed by atoms with van der Waals surface area (Å²) < 4.78 is 1.05. The molecule has 0 radical (unpaired) electrons. The fraction of sp³-hybridized carbons (Fsp3) is 0. The molecular formula is C12H10BrN. The molecule has 0 spiro atoms. The first-order valence-corrected chi connectivity index (χ1v) is 5.15. The van der Waals surface area contributed by atoms with Gasteiger partial charge in [0.15, 0.2) is 0 Å². The lowest BCUT2D eigenvalue weighted by atomic mass is 10.2. The van der Waals surface area contributed by atoms with Crippen molar-refractivity contribution in [1.29, 1.82) is 0 Å². The predicted molar refractivity (Wildman–Crippen MR) is 64.2 cm³/mol. The SMILES string of the molecule is C=C1C=CC(Br)=CN1c1ccccc1. The molecule has 0 atom stereocenters. The lowest BCUT2D eigenvalue weighted by molar-refractivity contribution is 1.19. The number of nitrogens with zero attached hydrogens (tertiary/aromatic N) is 1. The van der Waals surface area contributed by atoms with Crippen molar-refractivity contribution in [3.05, 3.63) is 65.4 Å². The van der Waals surface area contributed by atoms with Gasteiger partial charge in [0, 0.05) is 22.1 Å². The van der Waals surface area contributed by atoms with Crippen LogP contribution in [0, 0.1) is 0 Å². The first kappa shape index (κ1) is 9.28. The van der Waals surface area contributed by atoms with E-state index in [0.29, 0.717) is 0 Å². The van der Waals surface area contributed by atoms with Crippen LogP contribution in [0.3, 0.4) is 0 Å². The van der Waals surface area contributed by atoms with Crippen LogP contribution in [-0.4, -0.2) is 0 Å². The van der Waals surface area contributed by atoms with Gasteiger partial charge in [-0.05, 0) is 40.2 Å². The van der Waals surface area contributed by atoms with Crippen LogP contribution in [0.5, 0.6) is 0 Å². The molecule has 0 aliphatic carbocycles. The topological polar surface area (TPSA) is 3.24 Å². The molecule has 2 rings (SSSR count). The molecule has 1 aliphatic heterocycles. The summed E-state index contributed by atoms with van der Waals surface area (Å²) in [7, 11) is 0. The average Bonchev–Trinajstić information content (AvgIpc) is 2.23. The van der Waals surface area contributed by atoms with Gasteiger partial charge in [0.05, 0.1) is 0 Å². The van der Waals surface area contributed by atoms with Crippen LogP contribution in [0.15, 0.2) is 65.4 Å². The molecule has 0 aromatic heterocycles. The fourth-order valence-corrected chi connectivity index (χ4v) is 1.67. The minimum Gasteiger partial charge on any atom is -0.317 e. The van der Waals surface area contributed by atoms with Crippen LogP contribution < -0.4 is 4.90 Å². The Labute approximate surface area is 92.2 Å². The summed E-state index contributed by atoms with van der Waals surface area (Å²) in [4.78, 5) is 2.05. The molecule has 0 amide bonds. The molecule has 70 valence electrons. The molecule has 1 aliphatic rings. The number of para-hydroxylation sites is 1. The maximum Gasteiger partial charge on any atom is 0.0455 e. The minimum atomic E-state index is 0.972. The molecule has 1 nitrogen and oxygen atoms in total. The Morgan fingerprint density at radius 1 is 1.07 bits per heavy atom. The largest absolute Gasteiger partial charge is 0.317 e. The van der Waals surface area contributed by atoms with E-state index in [0.717, 1.165) is 15.9 Å². The van der Waals surface area contributed by atoms with Crippen LogP contribution in [0.1, 0.15) is 0 Å². The van der Waals surface area contributed by atoms with E-state index in [1.165, 1.54) is 0 Å². The van der Waals surface area contributed by atoms with Gasteiger partial charge >= 0.3 is 0 Å². The van der Waals surface area contributed by atoms with Gasteiger partial charge in [-0.25, -0.2) is 0 Å². The lowest BCUT2D eigenvalue weighted by Gasteiger charge is -2.23. The smallest absolute Gasteiger partial charge is 0.0455 e. The van der Waals surface area contributed by atoms with Crippen molar-refractivity contribution in [2.24, 2.45) is 0 Å². The first-order chi connectivity index (χ1) is 6.77. The number of benzene rings is 1. The second kappa shape index (κ2) is 3.84. The van der Waals surface area contributed by atoms with Crippen LogP contribution >= 0.6 is 15.9 Å². The Bertz CT molecular complexity index is 404. The quantitative estimate of drug-likeness (QED) is 0.730. The zero-order valence-corrected chi connectivity index (χ0v) is 9.24. The van der Waals surface area contributed by atoms with Gasteiger partial charge < -0.3 is 4.90 Å². The Hall–Kier alpha value is -1.28. The van der Waals surface area contributed by atoms with E-state index >= 15 is 0 Å². The molecule has 0 saturated carbocycles. The Balaban J connectivity index is 2.36. The molecule has 0 unspecified atom stereocenters. The van der Waals surface area contributed by atoms with Crippen LogP contribution in [-0.2, 0) is 0 Å². The van der Waals surface area contributed by atoms with E-state index < -0.39 is 0 Å².